The number of hydrogen-bond donors (Lipinski definition) is 2. The van der Waals surface area contributed by atoms with Crippen molar-refractivity contribution in [3.05, 3.63) is 35.4 Å². The molecule has 1 aromatic carbocycles. The molecule has 0 aromatic heterocycles. The second kappa shape index (κ2) is 7.50. The summed E-state index contributed by atoms with van der Waals surface area (Å²) in [6.07, 6.45) is -2.51. The SMILES string of the molecule is CCOC1CC(N)(C(=O)NCC2(c3cccc(C(F)(F)F)c3)CC2)C1(C)C.Cl. The van der Waals surface area contributed by atoms with Crippen molar-refractivity contribution in [1.82, 2.24) is 5.32 Å². The lowest BCUT2D eigenvalue weighted by Crippen LogP contribution is -2.76. The Bertz CT molecular complexity index is 734. The summed E-state index contributed by atoms with van der Waals surface area (Å²) in [5.74, 6) is -0.262. The van der Waals surface area contributed by atoms with Crippen LogP contribution in [0.15, 0.2) is 24.3 Å². The molecule has 1 aromatic rings. The number of halogens is 4. The van der Waals surface area contributed by atoms with Gasteiger partial charge in [-0.2, -0.15) is 13.2 Å². The molecule has 28 heavy (non-hydrogen) atoms. The molecule has 8 heteroatoms. The zero-order valence-corrected chi connectivity index (χ0v) is 17.2. The van der Waals surface area contributed by atoms with Gasteiger partial charge in [-0.3, -0.25) is 4.79 Å². The molecule has 2 saturated carbocycles. The standard InChI is InChI=1S/C20H27F3N2O2.ClH/c1-4-27-15-11-19(24,17(15,2)3)16(26)25-12-18(8-9-18)13-6-5-7-14(10-13)20(21,22)23;/h5-7,10,15H,4,8-9,11-12,24H2,1-3H3,(H,25,26);1H. The summed E-state index contributed by atoms with van der Waals surface area (Å²) in [5.41, 5.74) is 4.37. The number of benzene rings is 1. The molecule has 3 rings (SSSR count). The maximum Gasteiger partial charge on any atom is 0.416 e. The molecule has 2 fully saturated rings. The molecule has 0 bridgehead atoms. The van der Waals surface area contributed by atoms with E-state index in [1.165, 1.54) is 12.1 Å². The topological polar surface area (TPSA) is 64.3 Å². The van der Waals surface area contributed by atoms with E-state index in [2.05, 4.69) is 5.32 Å². The Morgan fingerprint density at radius 3 is 2.46 bits per heavy atom. The van der Waals surface area contributed by atoms with Gasteiger partial charge in [0.1, 0.15) is 5.54 Å². The first-order valence-corrected chi connectivity index (χ1v) is 9.33. The first-order valence-electron chi connectivity index (χ1n) is 9.33. The van der Waals surface area contributed by atoms with Crippen LogP contribution in [0.5, 0.6) is 0 Å². The lowest BCUT2D eigenvalue weighted by Gasteiger charge is -2.57. The lowest BCUT2D eigenvalue weighted by atomic mass is 9.54. The van der Waals surface area contributed by atoms with Gasteiger partial charge in [-0.25, -0.2) is 0 Å². The van der Waals surface area contributed by atoms with Gasteiger partial charge in [0.25, 0.3) is 0 Å². The van der Waals surface area contributed by atoms with Gasteiger partial charge >= 0.3 is 6.18 Å². The van der Waals surface area contributed by atoms with Gasteiger partial charge in [-0.15, -0.1) is 12.4 Å². The fraction of sp³-hybridized carbons (Fsp3) is 0.650. The summed E-state index contributed by atoms with van der Waals surface area (Å²) in [6, 6.07) is 5.38. The first-order chi connectivity index (χ1) is 12.5. The summed E-state index contributed by atoms with van der Waals surface area (Å²) in [7, 11) is 0. The number of hydrogen-bond acceptors (Lipinski definition) is 3. The summed E-state index contributed by atoms with van der Waals surface area (Å²) >= 11 is 0. The highest BCUT2D eigenvalue weighted by Crippen LogP contribution is 2.51. The highest BCUT2D eigenvalue weighted by Gasteiger charge is 2.63. The number of rotatable bonds is 6. The zero-order chi connectivity index (χ0) is 20.1. The summed E-state index contributed by atoms with van der Waals surface area (Å²) in [6.45, 7) is 6.58. The zero-order valence-electron chi connectivity index (χ0n) is 16.4. The average Bonchev–Trinajstić information content (AvgIpc) is 3.40. The monoisotopic (exact) mass is 420 g/mol. The van der Waals surface area contributed by atoms with Crippen LogP contribution < -0.4 is 11.1 Å². The molecule has 2 unspecified atom stereocenters. The molecule has 158 valence electrons. The number of alkyl halides is 3. The Morgan fingerprint density at radius 1 is 1.32 bits per heavy atom. The van der Waals surface area contributed by atoms with E-state index >= 15 is 0 Å². The molecule has 3 N–H and O–H groups in total. The molecule has 2 aliphatic carbocycles. The minimum atomic E-state index is -4.37. The van der Waals surface area contributed by atoms with Gasteiger partial charge in [0, 0.05) is 30.4 Å². The lowest BCUT2D eigenvalue weighted by molar-refractivity contribution is -0.170. The number of carbonyl (C=O) groups is 1. The van der Waals surface area contributed by atoms with Gasteiger partial charge in [-0.05, 0) is 31.4 Å². The van der Waals surface area contributed by atoms with E-state index in [1.54, 1.807) is 6.07 Å². The average molecular weight is 421 g/mol. The van der Waals surface area contributed by atoms with Crippen LogP contribution in [0.4, 0.5) is 13.2 Å². The number of ether oxygens (including phenoxy) is 1. The van der Waals surface area contributed by atoms with E-state index in [4.69, 9.17) is 10.5 Å². The van der Waals surface area contributed by atoms with Crippen molar-refractivity contribution in [3.8, 4) is 0 Å². The van der Waals surface area contributed by atoms with Crippen LogP contribution in [-0.4, -0.2) is 30.7 Å². The van der Waals surface area contributed by atoms with Crippen molar-refractivity contribution in [1.29, 1.82) is 0 Å². The molecule has 2 aliphatic rings. The maximum atomic E-state index is 13.0. The number of nitrogens with two attached hydrogens (primary N) is 1. The Hall–Kier alpha value is -1.31. The highest BCUT2D eigenvalue weighted by molar-refractivity contribution is 5.89. The smallest absolute Gasteiger partial charge is 0.378 e. The molecule has 4 nitrogen and oxygen atoms in total. The molecular formula is C20H28ClF3N2O2. The molecule has 0 aliphatic heterocycles. The minimum Gasteiger partial charge on any atom is -0.378 e. The predicted octanol–water partition coefficient (Wildman–Crippen LogP) is 3.81. The van der Waals surface area contributed by atoms with Gasteiger partial charge < -0.3 is 15.8 Å². The number of amides is 1. The normalized spacial score (nSPS) is 27.3. The Morgan fingerprint density at radius 2 is 1.96 bits per heavy atom. The molecule has 0 heterocycles. The molecule has 1 amide bonds. The van der Waals surface area contributed by atoms with E-state index in [0.717, 1.165) is 18.9 Å². The molecule has 0 spiro atoms. The first kappa shape index (κ1) is 23.0. The molecule has 0 saturated heterocycles. The third-order valence-electron chi connectivity index (χ3n) is 6.48. The second-order valence-electron chi connectivity index (χ2n) is 8.38. The Labute approximate surface area is 169 Å². The van der Waals surface area contributed by atoms with E-state index in [1.807, 2.05) is 20.8 Å². The summed E-state index contributed by atoms with van der Waals surface area (Å²) in [4.78, 5) is 12.8. The van der Waals surface area contributed by atoms with Crippen molar-refractivity contribution in [2.24, 2.45) is 11.1 Å². The van der Waals surface area contributed by atoms with Crippen LogP contribution in [0.1, 0.15) is 51.2 Å². The predicted molar refractivity (Wildman–Crippen MR) is 103 cm³/mol. The fourth-order valence-corrected chi connectivity index (χ4v) is 3.97. The highest BCUT2D eigenvalue weighted by atomic mass is 35.5. The Balaban J connectivity index is 0.00000280. The molecule has 2 atom stereocenters. The maximum absolute atomic E-state index is 13.0. The van der Waals surface area contributed by atoms with Crippen LogP contribution in [0, 0.1) is 5.41 Å². The van der Waals surface area contributed by atoms with E-state index in [0.29, 0.717) is 25.1 Å². The number of carbonyl (C=O) groups excluding carboxylic acids is 1. The molecule has 0 radical (unpaired) electrons. The number of nitrogens with one attached hydrogen (secondary N) is 1. The van der Waals surface area contributed by atoms with Gasteiger partial charge in [0.05, 0.1) is 11.7 Å². The van der Waals surface area contributed by atoms with E-state index in [-0.39, 0.29) is 24.4 Å². The third kappa shape index (κ3) is 3.76. The van der Waals surface area contributed by atoms with Crippen molar-refractivity contribution < 1.29 is 22.7 Å². The van der Waals surface area contributed by atoms with Crippen molar-refractivity contribution >= 4 is 18.3 Å². The van der Waals surface area contributed by atoms with Crippen molar-refractivity contribution in [2.75, 3.05) is 13.2 Å². The quantitative estimate of drug-likeness (QED) is 0.735. The van der Waals surface area contributed by atoms with E-state index in [9.17, 15) is 18.0 Å². The van der Waals surface area contributed by atoms with Crippen LogP contribution in [0.25, 0.3) is 0 Å². The second-order valence-corrected chi connectivity index (χ2v) is 8.38. The van der Waals surface area contributed by atoms with Crippen LogP contribution in [0.2, 0.25) is 0 Å². The van der Waals surface area contributed by atoms with Crippen LogP contribution >= 0.6 is 12.4 Å². The van der Waals surface area contributed by atoms with Crippen molar-refractivity contribution in [3.63, 3.8) is 0 Å². The van der Waals surface area contributed by atoms with E-state index < -0.39 is 28.1 Å². The minimum absolute atomic E-state index is 0. The third-order valence-corrected chi connectivity index (χ3v) is 6.48. The van der Waals surface area contributed by atoms with Crippen molar-refractivity contribution in [2.45, 2.75) is 63.3 Å². The van der Waals surface area contributed by atoms with Gasteiger partial charge in [0.2, 0.25) is 5.91 Å². The van der Waals surface area contributed by atoms with Crippen LogP contribution in [-0.2, 0) is 21.1 Å². The largest absolute Gasteiger partial charge is 0.416 e. The fourth-order valence-electron chi connectivity index (χ4n) is 3.97. The Kier molecular flexibility index (Phi) is 6.16. The van der Waals surface area contributed by atoms with Crippen LogP contribution in [0.3, 0.4) is 0 Å². The summed E-state index contributed by atoms with van der Waals surface area (Å²) < 4.78 is 44.6. The summed E-state index contributed by atoms with van der Waals surface area (Å²) in [5, 5.41) is 2.90. The van der Waals surface area contributed by atoms with Gasteiger partial charge in [0.15, 0.2) is 0 Å². The van der Waals surface area contributed by atoms with Gasteiger partial charge in [-0.1, -0.05) is 32.0 Å². The molecular weight excluding hydrogens is 393 g/mol.